The highest BCUT2D eigenvalue weighted by Gasteiger charge is 2.19. The van der Waals surface area contributed by atoms with Crippen LogP contribution in [0.15, 0.2) is 47.6 Å². The number of halogens is 1. The molecule has 0 unspecified atom stereocenters. The van der Waals surface area contributed by atoms with E-state index in [1.54, 1.807) is 43.6 Å². The molecule has 0 atom stereocenters. The lowest BCUT2D eigenvalue weighted by Gasteiger charge is -2.17. The van der Waals surface area contributed by atoms with Gasteiger partial charge in [-0.05, 0) is 31.0 Å². The summed E-state index contributed by atoms with van der Waals surface area (Å²) in [4.78, 5) is 32.2. The van der Waals surface area contributed by atoms with Crippen molar-refractivity contribution in [3.63, 3.8) is 0 Å². The summed E-state index contributed by atoms with van der Waals surface area (Å²) in [5.74, 6) is -0.207. The maximum Gasteiger partial charge on any atom is 0.255 e. The van der Waals surface area contributed by atoms with Crippen LogP contribution in [0.25, 0.3) is 0 Å². The van der Waals surface area contributed by atoms with Gasteiger partial charge in [-0.25, -0.2) is 9.37 Å². The average molecular weight is 387 g/mol. The molecule has 0 bridgehead atoms. The van der Waals surface area contributed by atoms with Crippen molar-refractivity contribution in [2.24, 2.45) is 0 Å². The van der Waals surface area contributed by atoms with Gasteiger partial charge in [0.2, 0.25) is 5.91 Å². The smallest absolute Gasteiger partial charge is 0.255 e. The fraction of sp³-hybridized carbons (Fsp3) is 0.350. The summed E-state index contributed by atoms with van der Waals surface area (Å²) in [5, 5.41) is 0.681. The normalized spacial score (nSPS) is 13.6. The summed E-state index contributed by atoms with van der Waals surface area (Å²) >= 11 is 1.30. The molecule has 1 fully saturated rings. The van der Waals surface area contributed by atoms with E-state index in [1.165, 1.54) is 22.7 Å². The summed E-state index contributed by atoms with van der Waals surface area (Å²) in [6.07, 6.45) is 3.67. The first-order chi connectivity index (χ1) is 13.0. The van der Waals surface area contributed by atoms with Crippen molar-refractivity contribution >= 4 is 23.6 Å². The summed E-state index contributed by atoms with van der Waals surface area (Å²) in [7, 11) is 1.65. The average Bonchev–Trinajstić information content (AvgIpc) is 3.22. The van der Waals surface area contributed by atoms with E-state index in [4.69, 9.17) is 0 Å². The fourth-order valence-corrected chi connectivity index (χ4v) is 3.69. The number of nitrogens with zero attached hydrogens (tertiary/aromatic N) is 3. The first-order valence-corrected chi connectivity index (χ1v) is 9.88. The minimum absolute atomic E-state index is 0.0113. The van der Waals surface area contributed by atoms with Crippen LogP contribution in [0.1, 0.15) is 28.8 Å². The molecule has 142 valence electrons. The number of rotatable bonds is 6. The predicted molar refractivity (Wildman–Crippen MR) is 103 cm³/mol. The van der Waals surface area contributed by atoms with Crippen molar-refractivity contribution in [2.45, 2.75) is 24.4 Å². The van der Waals surface area contributed by atoms with Crippen molar-refractivity contribution in [3.05, 3.63) is 59.5 Å². The number of pyridine rings is 1. The number of hydrogen-bond acceptors (Lipinski definition) is 4. The molecule has 2 heterocycles. The van der Waals surface area contributed by atoms with Gasteiger partial charge in [0, 0.05) is 38.4 Å². The molecule has 1 saturated heterocycles. The lowest BCUT2D eigenvalue weighted by Crippen LogP contribution is -2.28. The molecule has 1 aliphatic rings. The molecule has 27 heavy (non-hydrogen) atoms. The highest BCUT2D eigenvalue weighted by atomic mass is 32.2. The quantitative estimate of drug-likeness (QED) is 0.715. The minimum Gasteiger partial charge on any atom is -0.341 e. The van der Waals surface area contributed by atoms with E-state index >= 15 is 0 Å². The Balaban J connectivity index is 1.51. The fourth-order valence-electron chi connectivity index (χ4n) is 2.91. The van der Waals surface area contributed by atoms with Crippen LogP contribution in [0, 0.1) is 5.82 Å². The van der Waals surface area contributed by atoms with Crippen LogP contribution in [0.3, 0.4) is 0 Å². The van der Waals surface area contributed by atoms with Crippen molar-refractivity contribution in [1.82, 2.24) is 14.8 Å². The Kier molecular flexibility index (Phi) is 6.45. The molecule has 0 radical (unpaired) electrons. The second-order valence-corrected chi connectivity index (χ2v) is 7.51. The largest absolute Gasteiger partial charge is 0.341 e. The van der Waals surface area contributed by atoms with E-state index < -0.39 is 0 Å². The number of carbonyl (C=O) groups is 2. The van der Waals surface area contributed by atoms with Gasteiger partial charge in [-0.15, -0.1) is 0 Å². The molecule has 0 spiro atoms. The summed E-state index contributed by atoms with van der Waals surface area (Å²) in [6, 6.07) is 9.95. The second-order valence-electron chi connectivity index (χ2n) is 6.51. The van der Waals surface area contributed by atoms with Gasteiger partial charge in [-0.2, -0.15) is 0 Å². The number of likely N-dealkylation sites (tertiary alicyclic amines) is 1. The Morgan fingerprint density at radius 3 is 2.59 bits per heavy atom. The van der Waals surface area contributed by atoms with Crippen LogP contribution in [0.2, 0.25) is 0 Å². The Morgan fingerprint density at radius 2 is 1.93 bits per heavy atom. The van der Waals surface area contributed by atoms with E-state index in [0.29, 0.717) is 16.2 Å². The summed E-state index contributed by atoms with van der Waals surface area (Å²) < 4.78 is 13.7. The summed E-state index contributed by atoms with van der Waals surface area (Å²) in [6.45, 7) is 1.83. The van der Waals surface area contributed by atoms with Gasteiger partial charge in [0.05, 0.1) is 16.3 Å². The third-order valence-electron chi connectivity index (χ3n) is 4.51. The molecule has 2 aromatic rings. The molecule has 0 saturated carbocycles. The van der Waals surface area contributed by atoms with Gasteiger partial charge in [0.25, 0.3) is 5.91 Å². The predicted octanol–water partition coefficient (Wildman–Crippen LogP) is 3.21. The Bertz CT molecular complexity index is 807. The Morgan fingerprint density at radius 1 is 1.19 bits per heavy atom. The van der Waals surface area contributed by atoms with E-state index in [-0.39, 0.29) is 29.9 Å². The number of thioether (sulfide) groups is 1. The first kappa shape index (κ1) is 19.4. The topological polar surface area (TPSA) is 53.5 Å². The Hall–Kier alpha value is -2.41. The molecular weight excluding hydrogens is 365 g/mol. The monoisotopic (exact) mass is 387 g/mol. The van der Waals surface area contributed by atoms with Crippen molar-refractivity contribution in [1.29, 1.82) is 0 Å². The molecule has 7 heteroatoms. The zero-order valence-corrected chi connectivity index (χ0v) is 16.0. The molecular formula is C20H22FN3O2S. The van der Waals surface area contributed by atoms with Crippen LogP contribution >= 0.6 is 11.8 Å². The maximum absolute atomic E-state index is 13.7. The van der Waals surface area contributed by atoms with Gasteiger partial charge in [0.15, 0.2) is 0 Å². The number of amides is 2. The first-order valence-electron chi connectivity index (χ1n) is 8.90. The molecule has 1 aromatic carbocycles. The van der Waals surface area contributed by atoms with Crippen molar-refractivity contribution in [2.75, 3.05) is 25.9 Å². The molecule has 3 rings (SSSR count). The zero-order valence-electron chi connectivity index (χ0n) is 15.2. The maximum atomic E-state index is 13.7. The van der Waals surface area contributed by atoms with Gasteiger partial charge in [0.1, 0.15) is 5.82 Å². The van der Waals surface area contributed by atoms with Crippen LogP contribution < -0.4 is 0 Å². The highest BCUT2D eigenvalue weighted by molar-refractivity contribution is 7.99. The molecule has 1 aliphatic heterocycles. The van der Waals surface area contributed by atoms with E-state index in [0.717, 1.165) is 25.9 Å². The summed E-state index contributed by atoms with van der Waals surface area (Å²) in [5.41, 5.74) is 1.06. The number of hydrogen-bond donors (Lipinski definition) is 0. The van der Waals surface area contributed by atoms with Crippen LogP contribution in [-0.4, -0.2) is 52.5 Å². The standard InChI is InChI=1S/C20H22FN3O2S/c1-23(13-16-6-2-3-7-17(16)21)19(25)14-27-18-9-8-15(12-22-18)20(26)24-10-4-5-11-24/h2-3,6-9,12H,4-5,10-11,13-14H2,1H3. The number of aromatic nitrogens is 1. The molecule has 1 aromatic heterocycles. The highest BCUT2D eigenvalue weighted by Crippen LogP contribution is 2.18. The van der Waals surface area contributed by atoms with Gasteiger partial charge < -0.3 is 9.80 Å². The van der Waals surface area contributed by atoms with Crippen LogP contribution in [-0.2, 0) is 11.3 Å². The van der Waals surface area contributed by atoms with E-state index in [1.807, 2.05) is 4.90 Å². The van der Waals surface area contributed by atoms with E-state index in [2.05, 4.69) is 4.98 Å². The minimum atomic E-state index is -0.315. The van der Waals surface area contributed by atoms with Gasteiger partial charge in [-0.1, -0.05) is 30.0 Å². The molecule has 5 nitrogen and oxygen atoms in total. The van der Waals surface area contributed by atoms with Crippen molar-refractivity contribution < 1.29 is 14.0 Å². The van der Waals surface area contributed by atoms with Crippen LogP contribution in [0.4, 0.5) is 4.39 Å². The third kappa shape index (κ3) is 5.07. The number of benzene rings is 1. The van der Waals surface area contributed by atoms with Gasteiger partial charge in [-0.3, -0.25) is 9.59 Å². The Labute approximate surface area is 162 Å². The molecule has 0 aliphatic carbocycles. The van der Waals surface area contributed by atoms with Crippen molar-refractivity contribution in [3.8, 4) is 0 Å². The molecule has 0 N–H and O–H groups in total. The number of carbonyl (C=O) groups excluding carboxylic acids is 2. The zero-order chi connectivity index (χ0) is 19.2. The van der Waals surface area contributed by atoms with Crippen LogP contribution in [0.5, 0.6) is 0 Å². The van der Waals surface area contributed by atoms with E-state index in [9.17, 15) is 14.0 Å². The van der Waals surface area contributed by atoms with Gasteiger partial charge >= 0.3 is 0 Å². The molecule has 2 amide bonds. The third-order valence-corrected chi connectivity index (χ3v) is 5.44. The lowest BCUT2D eigenvalue weighted by molar-refractivity contribution is -0.127. The SMILES string of the molecule is CN(Cc1ccccc1F)C(=O)CSc1ccc(C(=O)N2CCCC2)cn1. The lowest BCUT2D eigenvalue weighted by atomic mass is 10.2. The second kappa shape index (κ2) is 8.99.